The summed E-state index contributed by atoms with van der Waals surface area (Å²) in [5, 5.41) is 7.15. The standard InChI is InChI=1S/C19H22N6OS/c1-3-16-13-27-19(22-16)25-12-15(10-21-25)18(26)23-8-9-24(14(2)11-23)17-4-6-20-7-5-17/h4-7,10,12-14H,3,8-9,11H2,1-2H3. The first-order valence-electron chi connectivity index (χ1n) is 9.11. The number of amides is 1. The van der Waals surface area contributed by atoms with Crippen molar-refractivity contribution in [2.75, 3.05) is 24.5 Å². The van der Waals surface area contributed by atoms with Gasteiger partial charge in [-0.15, -0.1) is 11.3 Å². The minimum Gasteiger partial charge on any atom is -0.365 e. The van der Waals surface area contributed by atoms with E-state index in [1.807, 2.05) is 22.4 Å². The number of carbonyl (C=O) groups excluding carboxylic acids is 1. The molecule has 3 aromatic rings. The molecular weight excluding hydrogens is 360 g/mol. The van der Waals surface area contributed by atoms with Crippen molar-refractivity contribution in [3.8, 4) is 5.13 Å². The van der Waals surface area contributed by atoms with E-state index in [0.29, 0.717) is 18.7 Å². The molecule has 4 heterocycles. The molecule has 4 rings (SSSR count). The van der Waals surface area contributed by atoms with Gasteiger partial charge in [-0.25, -0.2) is 9.67 Å². The van der Waals surface area contributed by atoms with E-state index < -0.39 is 0 Å². The maximum atomic E-state index is 12.9. The zero-order valence-electron chi connectivity index (χ0n) is 15.4. The monoisotopic (exact) mass is 382 g/mol. The molecule has 0 saturated carbocycles. The Morgan fingerprint density at radius 3 is 2.81 bits per heavy atom. The highest BCUT2D eigenvalue weighted by atomic mass is 32.1. The van der Waals surface area contributed by atoms with Crippen molar-refractivity contribution >= 4 is 22.9 Å². The van der Waals surface area contributed by atoms with Gasteiger partial charge < -0.3 is 9.80 Å². The number of aryl methyl sites for hydroxylation is 1. The average molecular weight is 382 g/mol. The van der Waals surface area contributed by atoms with Gasteiger partial charge in [-0.05, 0) is 25.5 Å². The van der Waals surface area contributed by atoms with Gasteiger partial charge in [0.15, 0.2) is 0 Å². The molecule has 1 aliphatic heterocycles. The lowest BCUT2D eigenvalue weighted by Gasteiger charge is -2.41. The Morgan fingerprint density at radius 2 is 2.11 bits per heavy atom. The van der Waals surface area contributed by atoms with E-state index in [9.17, 15) is 4.79 Å². The van der Waals surface area contributed by atoms with Gasteiger partial charge in [0.1, 0.15) is 0 Å². The number of carbonyl (C=O) groups is 1. The quantitative estimate of drug-likeness (QED) is 0.694. The number of hydrogen-bond donors (Lipinski definition) is 0. The molecule has 3 aromatic heterocycles. The zero-order chi connectivity index (χ0) is 18.8. The first-order chi connectivity index (χ1) is 13.2. The number of hydrogen-bond acceptors (Lipinski definition) is 6. The third-order valence-corrected chi connectivity index (χ3v) is 5.72. The molecule has 1 atom stereocenters. The maximum absolute atomic E-state index is 12.9. The summed E-state index contributed by atoms with van der Waals surface area (Å²) in [6.07, 6.45) is 7.91. The van der Waals surface area contributed by atoms with Crippen molar-refractivity contribution in [1.82, 2.24) is 24.6 Å². The van der Waals surface area contributed by atoms with Gasteiger partial charge in [0.25, 0.3) is 5.91 Å². The summed E-state index contributed by atoms with van der Waals surface area (Å²) < 4.78 is 1.69. The Bertz CT molecular complexity index is 921. The number of thiazole rings is 1. The van der Waals surface area contributed by atoms with E-state index in [1.165, 1.54) is 11.3 Å². The van der Waals surface area contributed by atoms with Crippen molar-refractivity contribution in [2.45, 2.75) is 26.3 Å². The Kier molecular flexibility index (Phi) is 4.89. The van der Waals surface area contributed by atoms with Gasteiger partial charge in [-0.2, -0.15) is 5.10 Å². The summed E-state index contributed by atoms with van der Waals surface area (Å²) in [6, 6.07) is 4.26. The lowest BCUT2D eigenvalue weighted by molar-refractivity contribution is 0.0726. The Labute approximate surface area is 162 Å². The fraction of sp³-hybridized carbons (Fsp3) is 0.368. The normalized spacial score (nSPS) is 17.3. The van der Waals surface area contributed by atoms with Crippen LogP contribution in [0.1, 0.15) is 29.9 Å². The molecule has 1 amide bonds. The van der Waals surface area contributed by atoms with E-state index in [4.69, 9.17) is 0 Å². The summed E-state index contributed by atoms with van der Waals surface area (Å²) >= 11 is 1.54. The van der Waals surface area contributed by atoms with Crippen LogP contribution in [0.15, 0.2) is 42.3 Å². The van der Waals surface area contributed by atoms with Gasteiger partial charge in [-0.3, -0.25) is 9.78 Å². The predicted molar refractivity (Wildman–Crippen MR) is 106 cm³/mol. The summed E-state index contributed by atoms with van der Waals surface area (Å²) in [4.78, 5) is 25.7. The first-order valence-corrected chi connectivity index (χ1v) is 9.99. The molecule has 1 unspecified atom stereocenters. The molecule has 0 radical (unpaired) electrons. The summed E-state index contributed by atoms with van der Waals surface area (Å²) in [5.41, 5.74) is 2.79. The summed E-state index contributed by atoms with van der Waals surface area (Å²) in [7, 11) is 0. The third kappa shape index (κ3) is 3.57. The zero-order valence-corrected chi connectivity index (χ0v) is 16.3. The summed E-state index contributed by atoms with van der Waals surface area (Å²) in [6.45, 7) is 6.39. The van der Waals surface area contributed by atoms with Gasteiger partial charge in [-0.1, -0.05) is 6.92 Å². The smallest absolute Gasteiger partial charge is 0.257 e. The topological polar surface area (TPSA) is 67.2 Å². The van der Waals surface area contributed by atoms with Crippen molar-refractivity contribution in [2.24, 2.45) is 0 Å². The average Bonchev–Trinajstić information content (AvgIpc) is 3.37. The molecule has 1 aliphatic rings. The van der Waals surface area contributed by atoms with E-state index in [2.05, 4.69) is 33.8 Å². The number of pyridine rings is 1. The van der Waals surface area contributed by atoms with E-state index >= 15 is 0 Å². The molecule has 0 bridgehead atoms. The number of aromatic nitrogens is 4. The molecule has 0 aliphatic carbocycles. The van der Waals surface area contributed by atoms with Crippen LogP contribution in [-0.2, 0) is 6.42 Å². The highest BCUT2D eigenvalue weighted by Crippen LogP contribution is 2.21. The second-order valence-corrected chi connectivity index (χ2v) is 7.48. The largest absolute Gasteiger partial charge is 0.365 e. The fourth-order valence-electron chi connectivity index (χ4n) is 3.35. The maximum Gasteiger partial charge on any atom is 0.257 e. The minimum atomic E-state index is 0.0229. The molecular formula is C19H22N6OS. The van der Waals surface area contributed by atoms with Crippen LogP contribution in [0, 0.1) is 0 Å². The first kappa shape index (κ1) is 17.7. The van der Waals surface area contributed by atoms with Crippen LogP contribution < -0.4 is 4.90 Å². The Hall–Kier alpha value is -2.74. The van der Waals surface area contributed by atoms with Crippen LogP contribution in [0.25, 0.3) is 5.13 Å². The van der Waals surface area contributed by atoms with Crippen LogP contribution in [0.4, 0.5) is 5.69 Å². The molecule has 7 nitrogen and oxygen atoms in total. The van der Waals surface area contributed by atoms with E-state index in [-0.39, 0.29) is 11.9 Å². The lowest BCUT2D eigenvalue weighted by atomic mass is 10.1. The Balaban J connectivity index is 1.45. The summed E-state index contributed by atoms with van der Waals surface area (Å²) in [5.74, 6) is 0.0229. The van der Waals surface area contributed by atoms with Crippen LogP contribution in [0.2, 0.25) is 0 Å². The van der Waals surface area contributed by atoms with Crippen LogP contribution in [0.5, 0.6) is 0 Å². The highest BCUT2D eigenvalue weighted by molar-refractivity contribution is 7.12. The molecule has 140 valence electrons. The number of rotatable bonds is 4. The van der Waals surface area contributed by atoms with Gasteiger partial charge in [0.2, 0.25) is 5.13 Å². The second kappa shape index (κ2) is 7.48. The van der Waals surface area contributed by atoms with Crippen molar-refractivity contribution in [3.05, 3.63) is 53.6 Å². The van der Waals surface area contributed by atoms with Gasteiger partial charge in [0, 0.05) is 55.3 Å². The predicted octanol–water partition coefficient (Wildman–Crippen LogP) is 2.64. The van der Waals surface area contributed by atoms with Crippen molar-refractivity contribution < 1.29 is 4.79 Å². The molecule has 0 N–H and O–H groups in total. The fourth-order valence-corrected chi connectivity index (χ4v) is 4.18. The molecule has 8 heteroatoms. The van der Waals surface area contributed by atoms with E-state index in [1.54, 1.807) is 29.5 Å². The van der Waals surface area contributed by atoms with E-state index in [0.717, 1.165) is 29.5 Å². The third-order valence-electron chi connectivity index (χ3n) is 4.84. The molecule has 0 spiro atoms. The highest BCUT2D eigenvalue weighted by Gasteiger charge is 2.28. The SMILES string of the molecule is CCc1csc(-n2cc(C(=O)N3CCN(c4ccncc4)C(C)C3)cn2)n1. The molecule has 1 saturated heterocycles. The van der Waals surface area contributed by atoms with Crippen LogP contribution in [-0.4, -0.2) is 56.2 Å². The Morgan fingerprint density at radius 1 is 1.30 bits per heavy atom. The van der Waals surface area contributed by atoms with Crippen molar-refractivity contribution in [1.29, 1.82) is 0 Å². The van der Waals surface area contributed by atoms with Gasteiger partial charge in [0.05, 0.1) is 17.5 Å². The number of piperazine rings is 1. The van der Waals surface area contributed by atoms with Crippen LogP contribution in [0.3, 0.4) is 0 Å². The van der Waals surface area contributed by atoms with Gasteiger partial charge >= 0.3 is 0 Å². The number of anilines is 1. The minimum absolute atomic E-state index is 0.0229. The van der Waals surface area contributed by atoms with Crippen LogP contribution >= 0.6 is 11.3 Å². The lowest BCUT2D eigenvalue weighted by Crippen LogP contribution is -2.53. The molecule has 0 aromatic carbocycles. The molecule has 27 heavy (non-hydrogen) atoms. The van der Waals surface area contributed by atoms with Crippen molar-refractivity contribution in [3.63, 3.8) is 0 Å². The molecule has 1 fully saturated rings. The second-order valence-electron chi connectivity index (χ2n) is 6.65. The number of nitrogens with zero attached hydrogens (tertiary/aromatic N) is 6.